The second-order valence-electron chi connectivity index (χ2n) is 4.58. The van der Waals surface area contributed by atoms with Gasteiger partial charge >= 0.3 is 0 Å². The summed E-state index contributed by atoms with van der Waals surface area (Å²) in [7, 11) is 0. The van der Waals surface area contributed by atoms with E-state index in [4.69, 9.17) is 9.47 Å². The molecule has 5 heteroatoms. The molecule has 1 aromatic carbocycles. The van der Waals surface area contributed by atoms with Gasteiger partial charge in [-0.15, -0.1) is 0 Å². The molecule has 1 aliphatic rings. The van der Waals surface area contributed by atoms with Crippen LogP contribution >= 0.6 is 0 Å². The molecule has 0 amide bonds. The highest BCUT2D eigenvalue weighted by Crippen LogP contribution is 2.40. The van der Waals surface area contributed by atoms with E-state index >= 15 is 0 Å². The van der Waals surface area contributed by atoms with Gasteiger partial charge in [0.05, 0.1) is 16.6 Å². The van der Waals surface area contributed by atoms with E-state index < -0.39 is 16.8 Å². The maximum atomic E-state index is 11.0. The lowest BCUT2D eigenvalue weighted by Crippen LogP contribution is -2.20. The van der Waals surface area contributed by atoms with Crippen LogP contribution in [0.2, 0.25) is 0 Å². The minimum atomic E-state index is -0.701. The average Bonchev–Trinajstić information content (AvgIpc) is 2.52. The van der Waals surface area contributed by atoms with E-state index in [2.05, 4.69) is 0 Å². The van der Waals surface area contributed by atoms with Gasteiger partial charge in [0.1, 0.15) is 6.10 Å². The molecule has 0 radical (unpaired) electrons. The molecule has 2 rings (SSSR count). The van der Waals surface area contributed by atoms with E-state index in [1.54, 1.807) is 32.0 Å². The van der Waals surface area contributed by atoms with Gasteiger partial charge in [0.2, 0.25) is 0 Å². The Bertz CT molecular complexity index is 444. The van der Waals surface area contributed by atoms with Crippen molar-refractivity contribution in [2.45, 2.75) is 38.8 Å². The Morgan fingerprint density at radius 3 is 2.47 bits per heavy atom. The van der Waals surface area contributed by atoms with Crippen LogP contribution < -0.4 is 0 Å². The molecule has 1 heterocycles. The normalized spacial score (nSPS) is 27.0. The number of nitrogens with zero attached hydrogens (tertiary/aromatic N) is 1. The van der Waals surface area contributed by atoms with E-state index in [0.29, 0.717) is 5.56 Å². The van der Waals surface area contributed by atoms with Gasteiger partial charge in [-0.05, 0) is 26.8 Å². The zero-order chi connectivity index (χ0) is 12.6. The first-order chi connectivity index (χ1) is 7.91. The molecule has 2 atom stereocenters. The van der Waals surface area contributed by atoms with Gasteiger partial charge in [0.25, 0.3) is 5.69 Å². The van der Waals surface area contributed by atoms with Crippen molar-refractivity contribution in [3.63, 3.8) is 0 Å². The molecule has 0 aliphatic carbocycles. The quantitative estimate of drug-likeness (QED) is 0.586. The molecule has 0 saturated carbocycles. The molecule has 0 N–H and O–H groups in total. The topological polar surface area (TPSA) is 61.6 Å². The van der Waals surface area contributed by atoms with Gasteiger partial charge in [0, 0.05) is 6.07 Å². The Labute approximate surface area is 99.5 Å². The number of nitro benzene ring substituents is 1. The molecule has 1 saturated heterocycles. The molecular formula is C12H15NO4. The van der Waals surface area contributed by atoms with Crippen molar-refractivity contribution in [2.75, 3.05) is 0 Å². The van der Waals surface area contributed by atoms with Crippen LogP contribution in [0.3, 0.4) is 0 Å². The summed E-state index contributed by atoms with van der Waals surface area (Å²) < 4.78 is 11.3. The number of benzene rings is 1. The predicted octanol–water partition coefficient (Wildman–Crippen LogP) is 2.81. The Balaban J connectivity index is 2.38. The van der Waals surface area contributed by atoms with Crippen molar-refractivity contribution >= 4 is 5.69 Å². The van der Waals surface area contributed by atoms with Crippen molar-refractivity contribution in [1.29, 1.82) is 0 Å². The lowest BCUT2D eigenvalue weighted by molar-refractivity contribution is -0.386. The van der Waals surface area contributed by atoms with Gasteiger partial charge in [0.15, 0.2) is 5.79 Å². The van der Waals surface area contributed by atoms with Gasteiger partial charge in [-0.2, -0.15) is 0 Å². The third-order valence-corrected chi connectivity index (χ3v) is 2.75. The molecule has 1 fully saturated rings. The van der Waals surface area contributed by atoms with Gasteiger partial charge < -0.3 is 9.47 Å². The fourth-order valence-electron chi connectivity index (χ4n) is 2.15. The van der Waals surface area contributed by atoms with E-state index in [9.17, 15) is 10.1 Å². The summed E-state index contributed by atoms with van der Waals surface area (Å²) in [6, 6.07) is 6.61. The van der Waals surface area contributed by atoms with Crippen LogP contribution in [-0.2, 0) is 9.47 Å². The summed E-state index contributed by atoms with van der Waals surface area (Å²) >= 11 is 0. The monoisotopic (exact) mass is 237 g/mol. The minimum absolute atomic E-state index is 0.0747. The SMILES string of the molecule is CC1OC(C)(C)OC1c1ccccc1[N+](=O)[O-]. The van der Waals surface area contributed by atoms with Gasteiger partial charge in [-0.25, -0.2) is 0 Å². The highest BCUT2D eigenvalue weighted by atomic mass is 16.7. The lowest BCUT2D eigenvalue weighted by Gasteiger charge is -2.16. The number of rotatable bonds is 2. The van der Waals surface area contributed by atoms with E-state index in [-0.39, 0.29) is 11.8 Å². The summed E-state index contributed by atoms with van der Waals surface area (Å²) in [6.07, 6.45) is -0.599. The smallest absolute Gasteiger partial charge is 0.275 e. The molecule has 92 valence electrons. The standard InChI is InChI=1S/C12H15NO4/c1-8-11(17-12(2,3)16-8)9-6-4-5-7-10(9)13(14)15/h4-8,11H,1-3H3. The van der Waals surface area contributed by atoms with Crippen LogP contribution in [0.5, 0.6) is 0 Å². The second-order valence-corrected chi connectivity index (χ2v) is 4.58. The first kappa shape index (κ1) is 12.0. The fraction of sp³-hybridized carbons (Fsp3) is 0.500. The zero-order valence-electron chi connectivity index (χ0n) is 10.0. The largest absolute Gasteiger partial charge is 0.344 e. The van der Waals surface area contributed by atoms with E-state index in [0.717, 1.165) is 0 Å². The van der Waals surface area contributed by atoms with Gasteiger partial charge in [-0.3, -0.25) is 10.1 Å². The molecule has 2 unspecified atom stereocenters. The summed E-state index contributed by atoms with van der Waals surface area (Å²) in [5.41, 5.74) is 0.640. The molecule has 5 nitrogen and oxygen atoms in total. The van der Waals surface area contributed by atoms with Crippen molar-refractivity contribution in [2.24, 2.45) is 0 Å². The number of hydrogen-bond donors (Lipinski definition) is 0. The molecule has 0 bridgehead atoms. The highest BCUT2D eigenvalue weighted by molar-refractivity contribution is 5.42. The first-order valence-corrected chi connectivity index (χ1v) is 5.50. The number of ether oxygens (including phenoxy) is 2. The summed E-state index contributed by atoms with van der Waals surface area (Å²) in [4.78, 5) is 10.6. The Kier molecular flexibility index (Phi) is 2.89. The van der Waals surface area contributed by atoms with Crippen LogP contribution in [0.1, 0.15) is 32.4 Å². The van der Waals surface area contributed by atoms with E-state index in [1.165, 1.54) is 6.07 Å². The predicted molar refractivity (Wildman–Crippen MR) is 61.5 cm³/mol. The molecule has 1 aromatic rings. The molecule has 0 aromatic heterocycles. The van der Waals surface area contributed by atoms with Crippen LogP contribution in [0.4, 0.5) is 5.69 Å². The van der Waals surface area contributed by atoms with Crippen LogP contribution in [0.15, 0.2) is 24.3 Å². The van der Waals surface area contributed by atoms with Crippen molar-refractivity contribution in [3.8, 4) is 0 Å². The number of para-hydroxylation sites is 1. The summed E-state index contributed by atoms with van der Waals surface area (Å²) in [6.45, 7) is 5.46. The number of hydrogen-bond acceptors (Lipinski definition) is 4. The van der Waals surface area contributed by atoms with Crippen molar-refractivity contribution < 1.29 is 14.4 Å². The van der Waals surface area contributed by atoms with E-state index in [1.807, 2.05) is 6.92 Å². The van der Waals surface area contributed by atoms with Crippen LogP contribution in [0, 0.1) is 10.1 Å². The Morgan fingerprint density at radius 1 is 1.29 bits per heavy atom. The van der Waals surface area contributed by atoms with Crippen LogP contribution in [-0.4, -0.2) is 16.8 Å². The molecule has 1 aliphatic heterocycles. The van der Waals surface area contributed by atoms with Crippen molar-refractivity contribution in [1.82, 2.24) is 0 Å². The molecule has 17 heavy (non-hydrogen) atoms. The van der Waals surface area contributed by atoms with Crippen molar-refractivity contribution in [3.05, 3.63) is 39.9 Å². The maximum Gasteiger partial charge on any atom is 0.275 e. The lowest BCUT2D eigenvalue weighted by atomic mass is 10.0. The number of nitro groups is 1. The third-order valence-electron chi connectivity index (χ3n) is 2.75. The van der Waals surface area contributed by atoms with Crippen LogP contribution in [0.25, 0.3) is 0 Å². The first-order valence-electron chi connectivity index (χ1n) is 5.50. The average molecular weight is 237 g/mol. The summed E-state index contributed by atoms with van der Waals surface area (Å²) in [5.74, 6) is -0.701. The Morgan fingerprint density at radius 2 is 1.94 bits per heavy atom. The van der Waals surface area contributed by atoms with Gasteiger partial charge in [-0.1, -0.05) is 12.1 Å². The maximum absolute atomic E-state index is 11.0. The minimum Gasteiger partial charge on any atom is -0.344 e. The highest BCUT2D eigenvalue weighted by Gasteiger charge is 2.41. The zero-order valence-corrected chi connectivity index (χ0v) is 10.0. The molecular weight excluding hydrogens is 222 g/mol. The summed E-state index contributed by atoms with van der Waals surface area (Å²) in [5, 5.41) is 11.0. The second kappa shape index (κ2) is 4.09. The third kappa shape index (κ3) is 2.30. The fourth-order valence-corrected chi connectivity index (χ4v) is 2.15. The Hall–Kier alpha value is -1.46. The molecule has 0 spiro atoms.